The van der Waals surface area contributed by atoms with Crippen molar-refractivity contribution in [3.05, 3.63) is 24.3 Å². The molecular formula is C19H29N3O4. The lowest BCUT2D eigenvalue weighted by Crippen LogP contribution is -2.46. The molecule has 0 aromatic heterocycles. The van der Waals surface area contributed by atoms with Crippen molar-refractivity contribution in [3.8, 4) is 5.75 Å². The first-order valence-electron chi connectivity index (χ1n) is 9.13. The highest BCUT2D eigenvalue weighted by molar-refractivity contribution is 5.97. The molecule has 0 spiro atoms. The molecule has 1 aromatic carbocycles. The summed E-state index contributed by atoms with van der Waals surface area (Å²) in [5, 5.41) is 8.04. The molecule has 7 heteroatoms. The van der Waals surface area contributed by atoms with Crippen molar-refractivity contribution in [2.24, 2.45) is 5.92 Å². The molecule has 0 radical (unpaired) electrons. The molecule has 1 saturated heterocycles. The van der Waals surface area contributed by atoms with Gasteiger partial charge in [-0.2, -0.15) is 0 Å². The molecule has 1 aliphatic rings. The van der Waals surface area contributed by atoms with Gasteiger partial charge < -0.3 is 20.1 Å². The average molecular weight is 363 g/mol. The third-order valence-electron chi connectivity index (χ3n) is 4.00. The van der Waals surface area contributed by atoms with E-state index < -0.39 is 12.1 Å². The van der Waals surface area contributed by atoms with E-state index in [4.69, 9.17) is 9.47 Å². The topological polar surface area (TPSA) is 88.7 Å². The largest absolute Gasteiger partial charge is 0.491 e. The monoisotopic (exact) mass is 363 g/mol. The van der Waals surface area contributed by atoms with Gasteiger partial charge in [0.25, 0.3) is 0 Å². The molecule has 2 unspecified atom stereocenters. The summed E-state index contributed by atoms with van der Waals surface area (Å²) in [7, 11) is 0. The number of anilines is 1. The zero-order valence-electron chi connectivity index (χ0n) is 15.7. The normalized spacial score (nSPS) is 17.6. The molecule has 3 N–H and O–H groups in total. The van der Waals surface area contributed by atoms with Crippen LogP contribution in [0, 0.1) is 5.92 Å². The first-order valence-corrected chi connectivity index (χ1v) is 9.13. The summed E-state index contributed by atoms with van der Waals surface area (Å²) >= 11 is 0. The number of rotatable bonds is 8. The van der Waals surface area contributed by atoms with Crippen LogP contribution in [-0.4, -0.2) is 43.8 Å². The summed E-state index contributed by atoms with van der Waals surface area (Å²) in [6.45, 7) is 7.56. The number of imide groups is 1. The Morgan fingerprint density at radius 2 is 1.96 bits per heavy atom. The van der Waals surface area contributed by atoms with Crippen LogP contribution in [0.1, 0.15) is 33.6 Å². The van der Waals surface area contributed by atoms with Crippen molar-refractivity contribution in [3.63, 3.8) is 0 Å². The van der Waals surface area contributed by atoms with Gasteiger partial charge in [0, 0.05) is 18.8 Å². The number of urea groups is 1. The van der Waals surface area contributed by atoms with E-state index in [9.17, 15) is 9.59 Å². The number of nitrogens with one attached hydrogen (secondary N) is 3. The predicted molar refractivity (Wildman–Crippen MR) is 100 cm³/mol. The number of benzene rings is 1. The lowest BCUT2D eigenvalue weighted by atomic mass is 10.2. The van der Waals surface area contributed by atoms with E-state index in [1.807, 2.05) is 38.1 Å². The van der Waals surface area contributed by atoms with Crippen LogP contribution >= 0.6 is 0 Å². The van der Waals surface area contributed by atoms with Crippen molar-refractivity contribution >= 4 is 17.6 Å². The Balaban J connectivity index is 1.74. The highest BCUT2D eigenvalue weighted by Crippen LogP contribution is 2.18. The first kappa shape index (κ1) is 20.0. The molecular weight excluding hydrogens is 334 g/mol. The Hall–Kier alpha value is -2.28. The van der Waals surface area contributed by atoms with E-state index in [2.05, 4.69) is 16.0 Å². The van der Waals surface area contributed by atoms with Gasteiger partial charge in [-0.1, -0.05) is 13.8 Å². The van der Waals surface area contributed by atoms with Crippen molar-refractivity contribution in [1.82, 2.24) is 10.6 Å². The van der Waals surface area contributed by atoms with Gasteiger partial charge in [0.05, 0.1) is 6.10 Å². The van der Waals surface area contributed by atoms with E-state index in [0.717, 1.165) is 30.9 Å². The summed E-state index contributed by atoms with van der Waals surface area (Å²) in [6.07, 6.45) is 2.31. The number of hydrogen-bond donors (Lipinski definition) is 3. The average Bonchev–Trinajstić information content (AvgIpc) is 3.13. The third kappa shape index (κ3) is 6.92. The van der Waals surface area contributed by atoms with E-state index in [-0.39, 0.29) is 12.0 Å². The van der Waals surface area contributed by atoms with Crippen LogP contribution < -0.4 is 20.7 Å². The second-order valence-electron chi connectivity index (χ2n) is 6.93. The Bertz CT molecular complexity index is 583. The number of hydrogen-bond acceptors (Lipinski definition) is 5. The minimum Gasteiger partial charge on any atom is -0.491 e. The molecule has 26 heavy (non-hydrogen) atoms. The first-order chi connectivity index (χ1) is 12.4. The van der Waals surface area contributed by atoms with E-state index in [1.54, 1.807) is 6.92 Å². The zero-order valence-corrected chi connectivity index (χ0v) is 15.7. The summed E-state index contributed by atoms with van der Waals surface area (Å²) in [5.74, 6) is 0.702. The van der Waals surface area contributed by atoms with Crippen LogP contribution in [0.15, 0.2) is 24.3 Å². The maximum atomic E-state index is 12.0. The van der Waals surface area contributed by atoms with E-state index in [1.165, 1.54) is 0 Å². The lowest BCUT2D eigenvalue weighted by molar-refractivity contribution is -0.120. The molecule has 0 aliphatic carbocycles. The smallest absolute Gasteiger partial charge is 0.321 e. The maximum Gasteiger partial charge on any atom is 0.321 e. The molecule has 1 fully saturated rings. The van der Waals surface area contributed by atoms with Gasteiger partial charge in [-0.05, 0) is 49.9 Å². The predicted octanol–water partition coefficient (Wildman–Crippen LogP) is 2.53. The van der Waals surface area contributed by atoms with Gasteiger partial charge in [-0.3, -0.25) is 10.1 Å². The number of amides is 3. The van der Waals surface area contributed by atoms with Crippen LogP contribution in [0.2, 0.25) is 0 Å². The van der Waals surface area contributed by atoms with Crippen LogP contribution in [0.5, 0.6) is 5.75 Å². The fourth-order valence-corrected chi connectivity index (χ4v) is 2.49. The van der Waals surface area contributed by atoms with Gasteiger partial charge in [-0.15, -0.1) is 0 Å². The van der Waals surface area contributed by atoms with Crippen molar-refractivity contribution in [1.29, 1.82) is 0 Å². The fourth-order valence-electron chi connectivity index (χ4n) is 2.49. The van der Waals surface area contributed by atoms with Crippen LogP contribution in [0.4, 0.5) is 10.5 Å². The highest BCUT2D eigenvalue weighted by atomic mass is 16.5. The van der Waals surface area contributed by atoms with Gasteiger partial charge >= 0.3 is 6.03 Å². The van der Waals surface area contributed by atoms with Crippen molar-refractivity contribution < 1.29 is 19.1 Å². The quantitative estimate of drug-likeness (QED) is 0.660. The van der Waals surface area contributed by atoms with Gasteiger partial charge in [0.1, 0.15) is 18.4 Å². The van der Waals surface area contributed by atoms with Gasteiger partial charge in [0.2, 0.25) is 5.91 Å². The van der Waals surface area contributed by atoms with Crippen molar-refractivity contribution in [2.75, 3.05) is 25.1 Å². The van der Waals surface area contributed by atoms with E-state index >= 15 is 0 Å². The van der Waals surface area contributed by atoms with E-state index in [0.29, 0.717) is 19.1 Å². The molecule has 1 heterocycles. The Morgan fingerprint density at radius 1 is 1.23 bits per heavy atom. The molecule has 1 aromatic rings. The molecule has 144 valence electrons. The summed E-state index contributed by atoms with van der Waals surface area (Å²) in [6, 6.07) is 6.35. The summed E-state index contributed by atoms with van der Waals surface area (Å²) in [4.78, 5) is 23.7. The van der Waals surface area contributed by atoms with Gasteiger partial charge in [-0.25, -0.2) is 4.79 Å². The molecule has 7 nitrogen and oxygen atoms in total. The fraction of sp³-hybridized carbons (Fsp3) is 0.579. The summed E-state index contributed by atoms with van der Waals surface area (Å²) < 4.78 is 11.2. The second-order valence-corrected chi connectivity index (χ2v) is 6.93. The van der Waals surface area contributed by atoms with Crippen LogP contribution in [-0.2, 0) is 9.53 Å². The molecule has 3 amide bonds. The Kier molecular flexibility index (Phi) is 7.72. The molecule has 2 rings (SSSR count). The van der Waals surface area contributed by atoms with Crippen LogP contribution in [0.3, 0.4) is 0 Å². The van der Waals surface area contributed by atoms with Gasteiger partial charge in [0.15, 0.2) is 0 Å². The molecule has 0 saturated carbocycles. The molecule has 2 atom stereocenters. The Labute approximate surface area is 154 Å². The second kappa shape index (κ2) is 10.0. The Morgan fingerprint density at radius 3 is 2.58 bits per heavy atom. The highest BCUT2D eigenvalue weighted by Gasteiger charge is 2.17. The molecule has 0 bridgehead atoms. The SMILES string of the molecule is CC(C)CNC(=O)NC(=O)C(C)Nc1ccc(OCC2CCCO2)cc1. The standard InChI is InChI=1S/C19H29N3O4/c1-13(2)11-20-19(24)22-18(23)14(3)21-15-6-8-16(9-7-15)26-12-17-5-4-10-25-17/h6-9,13-14,17,21H,4-5,10-12H2,1-3H3,(H2,20,22,23,24). The minimum atomic E-state index is -0.543. The molecule has 1 aliphatic heterocycles. The number of ether oxygens (including phenoxy) is 2. The third-order valence-corrected chi connectivity index (χ3v) is 4.00. The number of carbonyl (C=O) groups excluding carboxylic acids is 2. The number of carbonyl (C=O) groups is 2. The summed E-state index contributed by atoms with van der Waals surface area (Å²) in [5.41, 5.74) is 0.778. The lowest BCUT2D eigenvalue weighted by Gasteiger charge is -2.16. The zero-order chi connectivity index (χ0) is 18.9. The van der Waals surface area contributed by atoms with Crippen LogP contribution in [0.25, 0.3) is 0 Å². The minimum absolute atomic E-state index is 0.179. The van der Waals surface area contributed by atoms with Crippen molar-refractivity contribution in [2.45, 2.75) is 45.8 Å². The maximum absolute atomic E-state index is 12.0.